The van der Waals surface area contributed by atoms with Crippen molar-refractivity contribution in [2.75, 3.05) is 0 Å². The molecule has 0 amide bonds. The van der Waals surface area contributed by atoms with Gasteiger partial charge in [0.05, 0.1) is 0 Å². The molecule has 0 aromatic heterocycles. The second kappa shape index (κ2) is 12.0. The SMILES string of the molecule is CCCCC(CC)C[C](N)CC(CC)CCCC. The maximum absolute atomic E-state index is 6.29. The molecule has 109 valence electrons. The quantitative estimate of drug-likeness (QED) is 0.475. The first-order valence-electron chi connectivity index (χ1n) is 8.27. The molecule has 2 N–H and O–H groups in total. The largest absolute Gasteiger partial charge is 0.324 e. The van der Waals surface area contributed by atoms with Gasteiger partial charge in [-0.05, 0) is 24.7 Å². The van der Waals surface area contributed by atoms with E-state index in [2.05, 4.69) is 27.7 Å². The molecule has 0 aliphatic rings. The van der Waals surface area contributed by atoms with E-state index in [0.717, 1.165) is 11.8 Å². The number of unbranched alkanes of at least 4 members (excludes halogenated alkanes) is 2. The van der Waals surface area contributed by atoms with Crippen LogP contribution in [0.3, 0.4) is 0 Å². The maximum Gasteiger partial charge on any atom is 0.0342 e. The van der Waals surface area contributed by atoms with Crippen LogP contribution in [0.4, 0.5) is 0 Å². The van der Waals surface area contributed by atoms with E-state index in [1.54, 1.807) is 0 Å². The summed E-state index contributed by atoms with van der Waals surface area (Å²) < 4.78 is 0. The minimum absolute atomic E-state index is 0.827. The van der Waals surface area contributed by atoms with Crippen LogP contribution in [-0.4, -0.2) is 0 Å². The molecule has 0 aliphatic carbocycles. The minimum Gasteiger partial charge on any atom is -0.324 e. The van der Waals surface area contributed by atoms with Gasteiger partial charge in [-0.15, -0.1) is 0 Å². The molecule has 1 nitrogen and oxygen atoms in total. The van der Waals surface area contributed by atoms with E-state index in [-0.39, 0.29) is 0 Å². The third kappa shape index (κ3) is 8.97. The third-order valence-electron chi connectivity index (χ3n) is 4.19. The van der Waals surface area contributed by atoms with Crippen molar-refractivity contribution in [1.29, 1.82) is 0 Å². The van der Waals surface area contributed by atoms with E-state index < -0.39 is 0 Å². The van der Waals surface area contributed by atoms with Crippen LogP contribution in [0, 0.1) is 17.9 Å². The second-order valence-electron chi connectivity index (χ2n) is 5.90. The summed E-state index contributed by atoms with van der Waals surface area (Å²) in [5.74, 6) is 1.65. The first-order chi connectivity index (χ1) is 8.67. The molecule has 0 heterocycles. The lowest BCUT2D eigenvalue weighted by Gasteiger charge is -2.23. The summed E-state index contributed by atoms with van der Waals surface area (Å²) >= 11 is 0. The van der Waals surface area contributed by atoms with Gasteiger partial charge in [-0.25, -0.2) is 0 Å². The first-order valence-corrected chi connectivity index (χ1v) is 8.27. The minimum atomic E-state index is 0.827. The van der Waals surface area contributed by atoms with Crippen LogP contribution >= 0.6 is 0 Å². The summed E-state index contributed by atoms with van der Waals surface area (Å²) in [4.78, 5) is 0. The molecule has 0 aromatic carbocycles. The van der Waals surface area contributed by atoms with Crippen LogP contribution in [0.5, 0.6) is 0 Å². The van der Waals surface area contributed by atoms with Crippen molar-refractivity contribution < 1.29 is 0 Å². The van der Waals surface area contributed by atoms with E-state index in [1.165, 1.54) is 70.3 Å². The molecule has 1 radical (unpaired) electrons. The number of hydrogen-bond acceptors (Lipinski definition) is 1. The highest BCUT2D eigenvalue weighted by atomic mass is 14.6. The first kappa shape index (κ1) is 18.0. The molecule has 1 heteroatoms. The molecule has 2 unspecified atom stereocenters. The standard InChI is InChI=1S/C17H36N/c1-5-9-11-15(7-3)13-17(18)14-16(8-4)12-10-6-2/h15-16H,5-14,18H2,1-4H3. The van der Waals surface area contributed by atoms with E-state index in [1.807, 2.05) is 0 Å². The fourth-order valence-corrected chi connectivity index (χ4v) is 2.71. The van der Waals surface area contributed by atoms with E-state index in [9.17, 15) is 0 Å². The summed E-state index contributed by atoms with van der Waals surface area (Å²) in [6.45, 7) is 9.17. The van der Waals surface area contributed by atoms with Gasteiger partial charge in [0.15, 0.2) is 0 Å². The Kier molecular flexibility index (Phi) is 12.0. The zero-order valence-corrected chi connectivity index (χ0v) is 13.3. The number of nitrogens with two attached hydrogens (primary N) is 1. The summed E-state index contributed by atoms with van der Waals surface area (Å²) in [5.41, 5.74) is 6.29. The van der Waals surface area contributed by atoms with Gasteiger partial charge in [0.2, 0.25) is 0 Å². The lowest BCUT2D eigenvalue weighted by atomic mass is 9.86. The smallest absolute Gasteiger partial charge is 0.0342 e. The fourth-order valence-electron chi connectivity index (χ4n) is 2.71. The van der Waals surface area contributed by atoms with Crippen LogP contribution in [-0.2, 0) is 0 Å². The predicted molar refractivity (Wildman–Crippen MR) is 83.3 cm³/mol. The van der Waals surface area contributed by atoms with Crippen LogP contribution in [0.25, 0.3) is 0 Å². The molecule has 0 fully saturated rings. The Hall–Kier alpha value is -0.0400. The second-order valence-corrected chi connectivity index (χ2v) is 5.90. The van der Waals surface area contributed by atoms with Crippen molar-refractivity contribution >= 4 is 0 Å². The van der Waals surface area contributed by atoms with Crippen LogP contribution in [0.2, 0.25) is 0 Å². The van der Waals surface area contributed by atoms with Crippen molar-refractivity contribution in [3.05, 3.63) is 6.04 Å². The molecule has 0 rings (SSSR count). The zero-order valence-electron chi connectivity index (χ0n) is 13.3. The third-order valence-corrected chi connectivity index (χ3v) is 4.19. The van der Waals surface area contributed by atoms with Gasteiger partial charge in [0.25, 0.3) is 0 Å². The summed E-state index contributed by atoms with van der Waals surface area (Å²) in [6, 6.07) is 1.26. The molecule has 18 heavy (non-hydrogen) atoms. The highest BCUT2D eigenvalue weighted by Gasteiger charge is 2.16. The van der Waals surface area contributed by atoms with E-state index in [0.29, 0.717) is 0 Å². The van der Waals surface area contributed by atoms with E-state index >= 15 is 0 Å². The predicted octanol–water partition coefficient (Wildman–Crippen LogP) is 5.69. The average Bonchev–Trinajstić information content (AvgIpc) is 2.39. The Labute approximate surface area is 116 Å². The zero-order chi connectivity index (χ0) is 13.8. The number of hydrogen-bond donors (Lipinski definition) is 1. The normalized spacial score (nSPS) is 15.0. The maximum atomic E-state index is 6.29. The van der Waals surface area contributed by atoms with Crippen LogP contribution in [0.1, 0.15) is 91.9 Å². The van der Waals surface area contributed by atoms with Gasteiger partial charge in [0, 0.05) is 6.04 Å². The summed E-state index contributed by atoms with van der Waals surface area (Å²) in [5, 5.41) is 0. The van der Waals surface area contributed by atoms with Crippen molar-refractivity contribution in [3.63, 3.8) is 0 Å². The van der Waals surface area contributed by atoms with Gasteiger partial charge in [0.1, 0.15) is 0 Å². The van der Waals surface area contributed by atoms with Crippen molar-refractivity contribution in [3.8, 4) is 0 Å². The molecule has 0 aromatic rings. The fraction of sp³-hybridized carbons (Fsp3) is 0.941. The Morgan fingerprint density at radius 1 is 0.778 bits per heavy atom. The Morgan fingerprint density at radius 3 is 1.44 bits per heavy atom. The number of rotatable bonds is 12. The molecule has 0 bridgehead atoms. The average molecular weight is 254 g/mol. The van der Waals surface area contributed by atoms with Crippen molar-refractivity contribution in [2.45, 2.75) is 91.9 Å². The molecule has 2 atom stereocenters. The Morgan fingerprint density at radius 2 is 1.17 bits per heavy atom. The summed E-state index contributed by atoms with van der Waals surface area (Å²) in [7, 11) is 0. The van der Waals surface area contributed by atoms with Gasteiger partial charge >= 0.3 is 0 Å². The van der Waals surface area contributed by atoms with Crippen molar-refractivity contribution in [1.82, 2.24) is 0 Å². The molecular formula is C17H36N. The van der Waals surface area contributed by atoms with Crippen LogP contribution in [0.15, 0.2) is 0 Å². The van der Waals surface area contributed by atoms with Gasteiger partial charge in [-0.3, -0.25) is 0 Å². The lowest BCUT2D eigenvalue weighted by molar-refractivity contribution is 0.373. The van der Waals surface area contributed by atoms with Gasteiger partial charge in [-0.2, -0.15) is 0 Å². The van der Waals surface area contributed by atoms with Crippen molar-refractivity contribution in [2.24, 2.45) is 17.6 Å². The monoisotopic (exact) mass is 254 g/mol. The molecule has 0 aliphatic heterocycles. The van der Waals surface area contributed by atoms with Gasteiger partial charge in [-0.1, -0.05) is 79.1 Å². The topological polar surface area (TPSA) is 26.0 Å². The summed E-state index contributed by atoms with van der Waals surface area (Å²) in [6.07, 6.45) is 13.0. The highest BCUT2D eigenvalue weighted by Crippen LogP contribution is 2.27. The van der Waals surface area contributed by atoms with Crippen LogP contribution < -0.4 is 5.73 Å². The molecule has 0 spiro atoms. The van der Waals surface area contributed by atoms with E-state index in [4.69, 9.17) is 5.73 Å². The Balaban J connectivity index is 3.92. The Bertz CT molecular complexity index is 149. The van der Waals surface area contributed by atoms with Gasteiger partial charge < -0.3 is 5.73 Å². The molecular weight excluding hydrogens is 218 g/mol. The molecule has 0 saturated carbocycles. The molecule has 0 saturated heterocycles. The lowest BCUT2D eigenvalue weighted by Crippen LogP contribution is -2.18. The highest BCUT2D eigenvalue weighted by molar-refractivity contribution is 4.87.